The van der Waals surface area contributed by atoms with E-state index >= 15 is 0 Å². The zero-order valence-electron chi connectivity index (χ0n) is 12.1. The number of thioether (sulfide) groups is 2. The van der Waals surface area contributed by atoms with Crippen LogP contribution in [-0.2, 0) is 0 Å². The van der Waals surface area contributed by atoms with Crippen LogP contribution in [0.5, 0.6) is 0 Å². The highest BCUT2D eigenvalue weighted by Crippen LogP contribution is 2.29. The van der Waals surface area contributed by atoms with Gasteiger partial charge >= 0.3 is 0 Å². The Morgan fingerprint density at radius 3 is 2.85 bits per heavy atom. The maximum absolute atomic E-state index is 3.64. The van der Waals surface area contributed by atoms with E-state index in [2.05, 4.69) is 71.0 Å². The Hall–Kier alpha value is -0.160. The van der Waals surface area contributed by atoms with Crippen LogP contribution in [0.4, 0.5) is 0 Å². The van der Waals surface area contributed by atoms with Crippen molar-refractivity contribution in [2.75, 3.05) is 36.9 Å². The molecule has 2 heterocycles. The number of nitrogens with zero attached hydrogens (tertiary/aromatic N) is 1. The van der Waals surface area contributed by atoms with Crippen LogP contribution < -0.4 is 5.32 Å². The van der Waals surface area contributed by atoms with Crippen molar-refractivity contribution in [3.8, 4) is 0 Å². The molecule has 0 aliphatic carbocycles. The molecule has 2 aliphatic rings. The van der Waals surface area contributed by atoms with E-state index in [0.717, 1.165) is 11.8 Å². The molecular formula is C16H24N2S2. The lowest BCUT2D eigenvalue weighted by molar-refractivity contribution is 0.138. The predicted molar refractivity (Wildman–Crippen MR) is 91.8 cm³/mol. The van der Waals surface area contributed by atoms with E-state index in [0.29, 0.717) is 12.1 Å². The quantitative estimate of drug-likeness (QED) is 0.923. The standard InChI is InChI=1S/C16H24N2S2/c1-13-10-18(11-15-12-19-7-8-20-15)16(9-17-13)14-5-3-2-4-6-14/h2-6,13,15-17H,7-12H2,1H3. The molecule has 2 aliphatic heterocycles. The molecule has 2 nitrogen and oxygen atoms in total. The smallest absolute Gasteiger partial charge is 0.0473 e. The first-order valence-corrected chi connectivity index (χ1v) is 9.75. The fourth-order valence-electron chi connectivity index (χ4n) is 3.09. The zero-order valence-corrected chi connectivity index (χ0v) is 13.8. The summed E-state index contributed by atoms with van der Waals surface area (Å²) in [5.41, 5.74) is 1.46. The third kappa shape index (κ3) is 3.73. The lowest BCUT2D eigenvalue weighted by atomic mass is 10.0. The van der Waals surface area contributed by atoms with Gasteiger partial charge in [0, 0.05) is 54.2 Å². The second-order valence-corrected chi connectivity index (χ2v) is 8.32. The summed E-state index contributed by atoms with van der Waals surface area (Å²) in [4.78, 5) is 2.71. The van der Waals surface area contributed by atoms with Crippen LogP contribution in [0.1, 0.15) is 18.5 Å². The minimum atomic E-state index is 0.542. The molecule has 0 saturated carbocycles. The maximum Gasteiger partial charge on any atom is 0.0473 e. The van der Waals surface area contributed by atoms with Gasteiger partial charge < -0.3 is 5.32 Å². The Morgan fingerprint density at radius 1 is 1.25 bits per heavy atom. The van der Waals surface area contributed by atoms with E-state index in [1.165, 1.54) is 35.9 Å². The number of hydrogen-bond donors (Lipinski definition) is 1. The summed E-state index contributed by atoms with van der Waals surface area (Å²) < 4.78 is 0. The molecule has 3 rings (SSSR count). The Labute approximate surface area is 131 Å². The summed E-state index contributed by atoms with van der Waals surface area (Å²) in [7, 11) is 0. The second-order valence-electron chi connectivity index (χ2n) is 5.76. The van der Waals surface area contributed by atoms with Crippen molar-refractivity contribution >= 4 is 23.5 Å². The first kappa shape index (κ1) is 14.8. The monoisotopic (exact) mass is 308 g/mol. The molecule has 0 bridgehead atoms. The van der Waals surface area contributed by atoms with Crippen LogP contribution in [0.2, 0.25) is 0 Å². The molecule has 1 aromatic rings. The second kappa shape index (κ2) is 7.21. The fraction of sp³-hybridized carbons (Fsp3) is 0.625. The Bertz CT molecular complexity index is 406. The van der Waals surface area contributed by atoms with Gasteiger partial charge in [0.05, 0.1) is 0 Å². The minimum absolute atomic E-state index is 0.542. The van der Waals surface area contributed by atoms with Gasteiger partial charge in [0.2, 0.25) is 0 Å². The lowest BCUT2D eigenvalue weighted by Crippen LogP contribution is -2.52. The van der Waals surface area contributed by atoms with Gasteiger partial charge in [-0.2, -0.15) is 23.5 Å². The van der Waals surface area contributed by atoms with Crippen LogP contribution in [-0.4, -0.2) is 53.1 Å². The summed E-state index contributed by atoms with van der Waals surface area (Å²) in [6.07, 6.45) is 0. The van der Waals surface area contributed by atoms with Gasteiger partial charge in [-0.05, 0) is 12.5 Å². The molecule has 0 spiro atoms. The third-order valence-electron chi connectivity index (χ3n) is 4.12. The highest BCUT2D eigenvalue weighted by Gasteiger charge is 2.29. The van der Waals surface area contributed by atoms with Gasteiger partial charge in [0.15, 0.2) is 0 Å². The van der Waals surface area contributed by atoms with Crippen LogP contribution in [0.25, 0.3) is 0 Å². The van der Waals surface area contributed by atoms with Gasteiger partial charge in [0.1, 0.15) is 0 Å². The summed E-state index contributed by atoms with van der Waals surface area (Å²) in [6.45, 7) is 5.79. The van der Waals surface area contributed by atoms with E-state index in [1.807, 2.05) is 0 Å². The van der Waals surface area contributed by atoms with Gasteiger partial charge in [-0.25, -0.2) is 0 Å². The number of piperazine rings is 1. The zero-order chi connectivity index (χ0) is 13.8. The molecule has 3 atom stereocenters. The number of benzene rings is 1. The molecule has 110 valence electrons. The van der Waals surface area contributed by atoms with E-state index < -0.39 is 0 Å². The minimum Gasteiger partial charge on any atom is -0.311 e. The van der Waals surface area contributed by atoms with Crippen molar-refractivity contribution in [3.63, 3.8) is 0 Å². The topological polar surface area (TPSA) is 15.3 Å². The van der Waals surface area contributed by atoms with E-state index in [1.54, 1.807) is 0 Å². The first-order chi connectivity index (χ1) is 9.83. The Balaban J connectivity index is 1.69. The Morgan fingerprint density at radius 2 is 2.10 bits per heavy atom. The molecule has 0 radical (unpaired) electrons. The summed E-state index contributed by atoms with van der Waals surface area (Å²) >= 11 is 4.30. The van der Waals surface area contributed by atoms with Crippen molar-refractivity contribution in [3.05, 3.63) is 35.9 Å². The van der Waals surface area contributed by atoms with Crippen LogP contribution >= 0.6 is 23.5 Å². The highest BCUT2D eigenvalue weighted by atomic mass is 32.2. The molecule has 0 aromatic heterocycles. The average Bonchev–Trinajstić information content (AvgIpc) is 2.49. The van der Waals surface area contributed by atoms with Crippen LogP contribution in [0.3, 0.4) is 0 Å². The SMILES string of the molecule is CC1CN(CC2CSCCS2)C(c2ccccc2)CN1. The fourth-order valence-corrected chi connectivity index (χ4v) is 5.79. The molecule has 4 heteroatoms. The van der Waals surface area contributed by atoms with Crippen molar-refractivity contribution in [2.45, 2.75) is 24.3 Å². The van der Waals surface area contributed by atoms with Crippen LogP contribution in [0.15, 0.2) is 30.3 Å². The number of nitrogens with one attached hydrogen (secondary N) is 1. The molecule has 1 aromatic carbocycles. The molecular weight excluding hydrogens is 284 g/mol. The van der Waals surface area contributed by atoms with E-state index in [4.69, 9.17) is 0 Å². The van der Waals surface area contributed by atoms with Gasteiger partial charge in [-0.3, -0.25) is 4.90 Å². The lowest BCUT2D eigenvalue weighted by Gasteiger charge is -2.41. The van der Waals surface area contributed by atoms with Gasteiger partial charge in [-0.1, -0.05) is 30.3 Å². The summed E-state index contributed by atoms with van der Waals surface area (Å²) in [5, 5.41) is 4.45. The molecule has 3 unspecified atom stereocenters. The normalized spacial score (nSPS) is 32.1. The van der Waals surface area contributed by atoms with E-state index in [9.17, 15) is 0 Å². The van der Waals surface area contributed by atoms with Crippen molar-refractivity contribution in [1.29, 1.82) is 0 Å². The molecule has 20 heavy (non-hydrogen) atoms. The predicted octanol–water partition coefficient (Wildman–Crippen LogP) is 2.87. The summed E-state index contributed by atoms with van der Waals surface area (Å²) in [5.74, 6) is 3.98. The number of hydrogen-bond acceptors (Lipinski definition) is 4. The molecule has 2 saturated heterocycles. The number of rotatable bonds is 3. The van der Waals surface area contributed by atoms with Crippen molar-refractivity contribution < 1.29 is 0 Å². The largest absolute Gasteiger partial charge is 0.311 e. The Kier molecular flexibility index (Phi) is 5.32. The maximum atomic E-state index is 3.64. The molecule has 2 fully saturated rings. The molecule has 0 amide bonds. The highest BCUT2D eigenvalue weighted by molar-refractivity contribution is 8.06. The van der Waals surface area contributed by atoms with Crippen molar-refractivity contribution in [2.24, 2.45) is 0 Å². The third-order valence-corrected chi connectivity index (χ3v) is 6.94. The first-order valence-electron chi connectivity index (χ1n) is 7.54. The average molecular weight is 309 g/mol. The summed E-state index contributed by atoms with van der Waals surface area (Å²) in [6, 6.07) is 12.1. The van der Waals surface area contributed by atoms with Crippen LogP contribution in [0, 0.1) is 0 Å². The van der Waals surface area contributed by atoms with Gasteiger partial charge in [-0.15, -0.1) is 0 Å². The molecule has 1 N–H and O–H groups in total. The van der Waals surface area contributed by atoms with E-state index in [-0.39, 0.29) is 0 Å². The van der Waals surface area contributed by atoms with Gasteiger partial charge in [0.25, 0.3) is 0 Å². The van der Waals surface area contributed by atoms with Crippen molar-refractivity contribution in [1.82, 2.24) is 10.2 Å².